The molecule has 326 valence electrons. The van der Waals surface area contributed by atoms with Crippen LogP contribution in [0.5, 0.6) is 0 Å². The van der Waals surface area contributed by atoms with Crippen LogP contribution in [0.25, 0.3) is 0 Å². The van der Waals surface area contributed by atoms with Gasteiger partial charge in [0, 0.05) is 6.42 Å². The summed E-state index contributed by atoms with van der Waals surface area (Å²) in [4.78, 5) is 39.5. The molecule has 3 aromatic rings. The molecule has 0 saturated carbocycles. The van der Waals surface area contributed by atoms with E-state index in [0.29, 0.717) is 6.42 Å². The van der Waals surface area contributed by atoms with Crippen LogP contribution in [-0.4, -0.2) is 51.9 Å². The van der Waals surface area contributed by atoms with Crippen molar-refractivity contribution in [2.75, 3.05) is 19.8 Å². The number of hydrogen-bond donors (Lipinski definition) is 2. The standard InChI is InChI=1S/C51H78N2O5Si/c1-49(2,3)42-33-39(34-43(35-42)50(4,5)6)27-21-17-15-13-12-14-16-18-26-32-46(55)57-37-44(38-58-59(10,11)51(7,8)9)53-45(54)36-52-48(56)47(40-28-22-19-23-29-40)41-30-24-20-25-31-41/h19-20,22-25,28-31,33-35,44,47H,12-18,21,26-27,32,36-38H2,1-11H3,(H,52,56)(H,53,54). The fourth-order valence-corrected chi connectivity index (χ4v) is 7.85. The first kappa shape index (κ1) is 49.6. The number of rotatable bonds is 23. The van der Waals surface area contributed by atoms with Crippen LogP contribution in [0.4, 0.5) is 0 Å². The summed E-state index contributed by atoms with van der Waals surface area (Å²) in [5, 5.41) is 5.78. The molecular weight excluding hydrogens is 749 g/mol. The largest absolute Gasteiger partial charge is 0.463 e. The highest BCUT2D eigenvalue weighted by Crippen LogP contribution is 2.36. The number of nitrogens with one attached hydrogen (secondary N) is 2. The molecule has 0 aliphatic rings. The Bertz CT molecular complexity index is 1650. The molecule has 1 unspecified atom stereocenters. The van der Waals surface area contributed by atoms with Crippen LogP contribution in [0.3, 0.4) is 0 Å². The third-order valence-electron chi connectivity index (χ3n) is 11.8. The Hall–Kier alpha value is -3.75. The van der Waals surface area contributed by atoms with Gasteiger partial charge in [0.2, 0.25) is 11.8 Å². The highest BCUT2D eigenvalue weighted by molar-refractivity contribution is 6.74. The van der Waals surface area contributed by atoms with E-state index in [1.54, 1.807) is 0 Å². The molecule has 7 nitrogen and oxygen atoms in total. The first-order valence-corrected chi connectivity index (χ1v) is 25.2. The Morgan fingerprint density at radius 3 is 1.58 bits per heavy atom. The number of amides is 2. The predicted octanol–water partition coefficient (Wildman–Crippen LogP) is 11.7. The van der Waals surface area contributed by atoms with Crippen molar-refractivity contribution in [1.29, 1.82) is 0 Å². The lowest BCUT2D eigenvalue weighted by Gasteiger charge is -2.37. The summed E-state index contributed by atoms with van der Waals surface area (Å²) in [7, 11) is -2.14. The molecule has 8 heteroatoms. The van der Waals surface area contributed by atoms with Crippen molar-refractivity contribution < 1.29 is 23.5 Å². The molecule has 0 aliphatic carbocycles. The van der Waals surface area contributed by atoms with Crippen molar-refractivity contribution in [3.05, 3.63) is 107 Å². The highest BCUT2D eigenvalue weighted by atomic mass is 28.4. The second-order valence-corrected chi connectivity index (χ2v) is 24.9. The smallest absolute Gasteiger partial charge is 0.305 e. The number of ether oxygens (including phenoxy) is 1. The van der Waals surface area contributed by atoms with Crippen LogP contribution in [0.2, 0.25) is 18.1 Å². The van der Waals surface area contributed by atoms with Crippen LogP contribution >= 0.6 is 0 Å². The number of benzene rings is 3. The van der Waals surface area contributed by atoms with Gasteiger partial charge in [0.25, 0.3) is 0 Å². The van der Waals surface area contributed by atoms with Crippen molar-refractivity contribution in [3.63, 3.8) is 0 Å². The third-order valence-corrected chi connectivity index (χ3v) is 16.3. The Labute approximate surface area is 359 Å². The SMILES string of the molecule is CC(C)(C)c1cc(CCCCCCCCCCCC(=O)OCC(CO[Si](C)(C)C(C)(C)C)NC(=O)CNC(=O)C(c2ccccc2)c2ccccc2)cc(C(C)(C)C)c1. The molecule has 59 heavy (non-hydrogen) atoms. The molecule has 2 amide bonds. The van der Waals surface area contributed by atoms with E-state index in [-0.39, 0.29) is 53.4 Å². The van der Waals surface area contributed by atoms with Gasteiger partial charge in [0.1, 0.15) is 6.61 Å². The van der Waals surface area contributed by atoms with Crippen LogP contribution in [0.15, 0.2) is 78.9 Å². The first-order valence-electron chi connectivity index (χ1n) is 22.3. The van der Waals surface area contributed by atoms with Gasteiger partial charge in [-0.15, -0.1) is 0 Å². The van der Waals surface area contributed by atoms with Crippen molar-refractivity contribution in [1.82, 2.24) is 10.6 Å². The molecule has 0 heterocycles. The summed E-state index contributed by atoms with van der Waals surface area (Å²) in [5.74, 6) is -1.44. The van der Waals surface area contributed by atoms with Crippen LogP contribution in [0, 0.1) is 0 Å². The molecule has 0 spiro atoms. The molecule has 0 fully saturated rings. The Morgan fingerprint density at radius 2 is 1.10 bits per heavy atom. The average molecular weight is 827 g/mol. The summed E-state index contributed by atoms with van der Waals surface area (Å²) in [6.45, 7) is 24.7. The number of unbranched alkanes of at least 4 members (excludes halogenated alkanes) is 8. The van der Waals surface area contributed by atoms with Gasteiger partial charge in [-0.3, -0.25) is 14.4 Å². The number of aryl methyl sites for hydroxylation is 1. The molecule has 0 aromatic heterocycles. The number of carbonyl (C=O) groups excluding carboxylic acids is 3. The van der Waals surface area contributed by atoms with Crippen molar-refractivity contribution in [3.8, 4) is 0 Å². The maximum atomic E-state index is 13.5. The second-order valence-electron chi connectivity index (χ2n) is 20.1. The van der Waals surface area contributed by atoms with E-state index in [2.05, 4.69) is 104 Å². The lowest BCUT2D eigenvalue weighted by Crippen LogP contribution is -2.50. The number of carbonyl (C=O) groups is 3. The molecular formula is C51H78N2O5Si. The van der Waals surface area contributed by atoms with Gasteiger partial charge in [-0.25, -0.2) is 0 Å². The molecule has 0 aliphatic heterocycles. The molecule has 0 radical (unpaired) electrons. The van der Waals surface area contributed by atoms with E-state index < -0.39 is 20.3 Å². The zero-order valence-electron chi connectivity index (χ0n) is 38.6. The maximum Gasteiger partial charge on any atom is 0.305 e. The third kappa shape index (κ3) is 17.8. The fraction of sp³-hybridized carbons (Fsp3) is 0.588. The van der Waals surface area contributed by atoms with Gasteiger partial charge in [0.15, 0.2) is 8.32 Å². The fourth-order valence-electron chi connectivity index (χ4n) is 6.80. The lowest BCUT2D eigenvalue weighted by molar-refractivity contribution is -0.145. The quantitative estimate of drug-likeness (QED) is 0.0564. The van der Waals surface area contributed by atoms with Crippen molar-refractivity contribution in [2.45, 2.75) is 174 Å². The summed E-state index contributed by atoms with van der Waals surface area (Å²) in [6, 6.07) is 25.8. The minimum Gasteiger partial charge on any atom is -0.463 e. The van der Waals surface area contributed by atoms with Gasteiger partial charge < -0.3 is 19.8 Å². The van der Waals surface area contributed by atoms with E-state index in [4.69, 9.17) is 9.16 Å². The minimum absolute atomic E-state index is 0.0174. The molecule has 0 saturated heterocycles. The molecule has 0 bridgehead atoms. The average Bonchev–Trinajstić information content (AvgIpc) is 3.17. The molecule has 1 atom stereocenters. The van der Waals surface area contributed by atoms with E-state index in [9.17, 15) is 14.4 Å². The number of esters is 1. The second kappa shape index (κ2) is 23.3. The van der Waals surface area contributed by atoms with Gasteiger partial charge in [-0.1, -0.05) is 186 Å². The summed E-state index contributed by atoms with van der Waals surface area (Å²) in [6.07, 6.45) is 11.8. The van der Waals surface area contributed by atoms with Crippen LogP contribution < -0.4 is 10.6 Å². The lowest BCUT2D eigenvalue weighted by atomic mass is 9.79. The minimum atomic E-state index is -2.14. The zero-order chi connectivity index (χ0) is 43.7. The van der Waals surface area contributed by atoms with Crippen LogP contribution in [-0.2, 0) is 40.8 Å². The van der Waals surface area contributed by atoms with E-state index in [1.165, 1.54) is 55.2 Å². The van der Waals surface area contributed by atoms with Gasteiger partial charge in [0.05, 0.1) is 25.1 Å². The Morgan fingerprint density at radius 1 is 0.627 bits per heavy atom. The molecule has 2 N–H and O–H groups in total. The van der Waals surface area contributed by atoms with E-state index in [0.717, 1.165) is 36.8 Å². The zero-order valence-corrected chi connectivity index (χ0v) is 39.6. The summed E-state index contributed by atoms with van der Waals surface area (Å²) >= 11 is 0. The van der Waals surface area contributed by atoms with Crippen molar-refractivity contribution in [2.24, 2.45) is 0 Å². The summed E-state index contributed by atoms with van der Waals surface area (Å²) < 4.78 is 12.1. The predicted molar refractivity (Wildman–Crippen MR) is 247 cm³/mol. The van der Waals surface area contributed by atoms with Crippen molar-refractivity contribution >= 4 is 26.1 Å². The topological polar surface area (TPSA) is 93.7 Å². The van der Waals surface area contributed by atoms with Gasteiger partial charge >= 0.3 is 5.97 Å². The molecule has 3 rings (SSSR count). The van der Waals surface area contributed by atoms with E-state index in [1.807, 2.05) is 60.7 Å². The normalized spacial score (nSPS) is 12.9. The monoisotopic (exact) mass is 827 g/mol. The van der Waals surface area contributed by atoms with Gasteiger partial charge in [-0.05, 0) is 76.0 Å². The van der Waals surface area contributed by atoms with Gasteiger partial charge in [-0.2, -0.15) is 0 Å². The summed E-state index contributed by atoms with van der Waals surface area (Å²) in [5.41, 5.74) is 6.33. The first-order chi connectivity index (χ1) is 27.7. The maximum absolute atomic E-state index is 13.5. The van der Waals surface area contributed by atoms with Crippen LogP contribution in [0.1, 0.15) is 160 Å². The Balaban J connectivity index is 1.38. The highest BCUT2D eigenvalue weighted by Gasteiger charge is 2.38. The van der Waals surface area contributed by atoms with E-state index >= 15 is 0 Å². The number of hydrogen-bond acceptors (Lipinski definition) is 5. The molecule has 3 aromatic carbocycles. The Kier molecular flexibility index (Phi) is 19.6.